The van der Waals surface area contributed by atoms with Crippen molar-refractivity contribution in [2.24, 2.45) is 5.92 Å². The highest BCUT2D eigenvalue weighted by molar-refractivity contribution is 5.23. The van der Waals surface area contributed by atoms with Gasteiger partial charge < -0.3 is 10.2 Å². The summed E-state index contributed by atoms with van der Waals surface area (Å²) in [5.74, 6) is 0.756. The molecule has 0 spiro atoms. The lowest BCUT2D eigenvalue weighted by Crippen LogP contribution is -2.34. The van der Waals surface area contributed by atoms with Crippen molar-refractivity contribution in [1.82, 2.24) is 10.2 Å². The quantitative estimate of drug-likeness (QED) is 0.883. The van der Waals surface area contributed by atoms with Crippen LogP contribution in [0.2, 0.25) is 0 Å². The molecule has 0 aromatic heterocycles. The van der Waals surface area contributed by atoms with Crippen LogP contribution in [-0.4, -0.2) is 31.6 Å². The van der Waals surface area contributed by atoms with Crippen LogP contribution in [0.4, 0.5) is 8.78 Å². The zero-order chi connectivity index (χ0) is 13.7. The summed E-state index contributed by atoms with van der Waals surface area (Å²) < 4.78 is 24.9. The van der Waals surface area contributed by atoms with E-state index in [1.807, 2.05) is 0 Å². The molecule has 1 aliphatic rings. The van der Waals surface area contributed by atoms with Gasteiger partial charge in [0.15, 0.2) is 0 Å². The number of hydrogen-bond acceptors (Lipinski definition) is 2. The van der Waals surface area contributed by atoms with E-state index in [9.17, 15) is 8.78 Å². The molecule has 19 heavy (non-hydrogen) atoms. The second kappa shape index (κ2) is 6.96. The first-order valence-electron chi connectivity index (χ1n) is 6.91. The van der Waals surface area contributed by atoms with Gasteiger partial charge in [0.05, 0.1) is 0 Å². The van der Waals surface area contributed by atoms with E-state index in [-0.39, 0.29) is 5.56 Å². The van der Waals surface area contributed by atoms with E-state index < -0.39 is 6.43 Å². The number of piperidine rings is 1. The molecule has 2 rings (SSSR count). The molecule has 1 aliphatic heterocycles. The molecular weight excluding hydrogens is 246 g/mol. The number of hydrogen-bond donors (Lipinski definition) is 1. The molecule has 1 fully saturated rings. The monoisotopic (exact) mass is 268 g/mol. The van der Waals surface area contributed by atoms with Crippen LogP contribution in [0.1, 0.15) is 30.4 Å². The molecule has 0 atom stereocenters. The van der Waals surface area contributed by atoms with Crippen LogP contribution in [0.3, 0.4) is 0 Å². The number of rotatable bonds is 5. The molecule has 1 aromatic carbocycles. The largest absolute Gasteiger partial charge is 0.317 e. The zero-order valence-corrected chi connectivity index (χ0v) is 11.4. The summed E-state index contributed by atoms with van der Waals surface area (Å²) in [6.07, 6.45) is 0.0880. The highest BCUT2D eigenvalue weighted by atomic mass is 19.3. The van der Waals surface area contributed by atoms with Crippen LogP contribution in [0, 0.1) is 5.92 Å². The molecule has 1 N–H and O–H groups in total. The van der Waals surface area contributed by atoms with Gasteiger partial charge in [0.25, 0.3) is 6.43 Å². The molecule has 106 valence electrons. The minimum absolute atomic E-state index is 0.102. The van der Waals surface area contributed by atoms with E-state index in [1.54, 1.807) is 12.1 Å². The number of halogens is 2. The standard InChI is InChI=1S/C15H22F2N2/c1-19(11-13-6-8-18-9-7-13)10-12-2-4-14(5-3-12)15(16)17/h2-5,13,15,18H,6-11H2,1H3. The first-order chi connectivity index (χ1) is 9.15. The molecule has 0 radical (unpaired) electrons. The Hall–Kier alpha value is -1.00. The van der Waals surface area contributed by atoms with Gasteiger partial charge in [-0.3, -0.25) is 0 Å². The van der Waals surface area contributed by atoms with Gasteiger partial charge in [0, 0.05) is 18.7 Å². The fourth-order valence-electron chi connectivity index (χ4n) is 2.65. The first kappa shape index (κ1) is 14.4. The molecule has 0 saturated carbocycles. The van der Waals surface area contributed by atoms with Gasteiger partial charge in [-0.1, -0.05) is 24.3 Å². The molecule has 0 amide bonds. The summed E-state index contributed by atoms with van der Waals surface area (Å²) in [5, 5.41) is 3.36. The summed E-state index contributed by atoms with van der Waals surface area (Å²) in [4.78, 5) is 2.29. The van der Waals surface area contributed by atoms with E-state index in [0.717, 1.165) is 37.7 Å². The molecule has 0 aliphatic carbocycles. The summed E-state index contributed by atoms with van der Waals surface area (Å²) in [5.41, 5.74) is 1.20. The summed E-state index contributed by atoms with van der Waals surface area (Å²) >= 11 is 0. The summed E-state index contributed by atoms with van der Waals surface area (Å²) in [6.45, 7) is 4.13. The van der Waals surface area contributed by atoms with E-state index in [4.69, 9.17) is 0 Å². The number of alkyl halides is 2. The minimum Gasteiger partial charge on any atom is -0.317 e. The Kier molecular flexibility index (Phi) is 5.28. The fourth-order valence-corrected chi connectivity index (χ4v) is 2.65. The van der Waals surface area contributed by atoms with Crippen LogP contribution < -0.4 is 5.32 Å². The van der Waals surface area contributed by atoms with Crippen LogP contribution in [-0.2, 0) is 6.54 Å². The predicted molar refractivity (Wildman–Crippen MR) is 73.3 cm³/mol. The summed E-state index contributed by atoms with van der Waals surface area (Å²) in [6, 6.07) is 6.66. The fraction of sp³-hybridized carbons (Fsp3) is 0.600. The Bertz CT molecular complexity index is 372. The Labute approximate surface area is 113 Å². The lowest BCUT2D eigenvalue weighted by molar-refractivity contribution is 0.151. The van der Waals surface area contributed by atoms with Crippen molar-refractivity contribution in [3.05, 3.63) is 35.4 Å². The molecule has 0 bridgehead atoms. The smallest absolute Gasteiger partial charge is 0.263 e. The third kappa shape index (κ3) is 4.55. The molecule has 1 heterocycles. The molecule has 2 nitrogen and oxygen atoms in total. The molecule has 4 heteroatoms. The van der Waals surface area contributed by atoms with Gasteiger partial charge in [-0.05, 0) is 44.5 Å². The first-order valence-corrected chi connectivity index (χ1v) is 6.91. The van der Waals surface area contributed by atoms with E-state index in [2.05, 4.69) is 17.3 Å². The molecular formula is C15H22F2N2. The summed E-state index contributed by atoms with van der Waals surface area (Å²) in [7, 11) is 2.10. The molecule has 1 aromatic rings. The van der Waals surface area contributed by atoms with Gasteiger partial charge in [-0.25, -0.2) is 8.78 Å². The highest BCUT2D eigenvalue weighted by Crippen LogP contribution is 2.19. The van der Waals surface area contributed by atoms with Gasteiger partial charge in [-0.2, -0.15) is 0 Å². The average molecular weight is 268 g/mol. The second-order valence-corrected chi connectivity index (χ2v) is 5.43. The van der Waals surface area contributed by atoms with Crippen molar-refractivity contribution < 1.29 is 8.78 Å². The Morgan fingerprint density at radius 3 is 2.42 bits per heavy atom. The van der Waals surface area contributed by atoms with Gasteiger partial charge in [0.1, 0.15) is 0 Å². The van der Waals surface area contributed by atoms with Gasteiger partial charge in [0.2, 0.25) is 0 Å². The molecule has 0 unspecified atom stereocenters. The van der Waals surface area contributed by atoms with E-state index in [1.165, 1.54) is 25.0 Å². The van der Waals surface area contributed by atoms with Gasteiger partial charge in [-0.15, -0.1) is 0 Å². The van der Waals surface area contributed by atoms with Crippen molar-refractivity contribution in [3.8, 4) is 0 Å². The lowest BCUT2D eigenvalue weighted by atomic mass is 9.97. The average Bonchev–Trinajstić information content (AvgIpc) is 2.40. The van der Waals surface area contributed by atoms with Crippen LogP contribution in [0.5, 0.6) is 0 Å². The van der Waals surface area contributed by atoms with Crippen LogP contribution in [0.15, 0.2) is 24.3 Å². The van der Waals surface area contributed by atoms with Crippen LogP contribution >= 0.6 is 0 Å². The Morgan fingerprint density at radius 1 is 1.21 bits per heavy atom. The second-order valence-electron chi connectivity index (χ2n) is 5.43. The highest BCUT2D eigenvalue weighted by Gasteiger charge is 2.15. The third-order valence-corrected chi connectivity index (χ3v) is 3.71. The number of nitrogens with one attached hydrogen (secondary N) is 1. The van der Waals surface area contributed by atoms with Crippen molar-refractivity contribution in [1.29, 1.82) is 0 Å². The maximum Gasteiger partial charge on any atom is 0.263 e. The van der Waals surface area contributed by atoms with Gasteiger partial charge >= 0.3 is 0 Å². The minimum atomic E-state index is -2.37. The number of nitrogens with zero attached hydrogens (tertiary/aromatic N) is 1. The van der Waals surface area contributed by atoms with Crippen LogP contribution in [0.25, 0.3) is 0 Å². The molecule has 1 saturated heterocycles. The predicted octanol–water partition coefficient (Wildman–Crippen LogP) is 3.06. The van der Waals surface area contributed by atoms with Crippen molar-refractivity contribution in [3.63, 3.8) is 0 Å². The van der Waals surface area contributed by atoms with Crippen molar-refractivity contribution in [2.75, 3.05) is 26.7 Å². The normalized spacial score (nSPS) is 17.3. The maximum absolute atomic E-state index is 12.5. The van der Waals surface area contributed by atoms with Crippen molar-refractivity contribution >= 4 is 0 Å². The SMILES string of the molecule is CN(Cc1ccc(C(F)F)cc1)CC1CCNCC1. The number of benzene rings is 1. The third-order valence-electron chi connectivity index (χ3n) is 3.71. The van der Waals surface area contributed by atoms with E-state index in [0.29, 0.717) is 0 Å². The Balaban J connectivity index is 1.82. The zero-order valence-electron chi connectivity index (χ0n) is 11.4. The van der Waals surface area contributed by atoms with Crippen molar-refractivity contribution in [2.45, 2.75) is 25.8 Å². The Morgan fingerprint density at radius 2 is 1.84 bits per heavy atom. The van der Waals surface area contributed by atoms with E-state index >= 15 is 0 Å². The maximum atomic E-state index is 12.5. The topological polar surface area (TPSA) is 15.3 Å². The lowest BCUT2D eigenvalue weighted by Gasteiger charge is -2.27.